The molecule has 4 heteroatoms. The van der Waals surface area contributed by atoms with Gasteiger partial charge in [-0.05, 0) is 77.9 Å². The van der Waals surface area contributed by atoms with Gasteiger partial charge in [-0.25, -0.2) is 0 Å². The molecule has 0 atom stereocenters. The molecular formula is C49H55IrN3-2. The smallest absolute Gasteiger partial charge is 0.0888 e. The molecule has 0 saturated carbocycles. The first kappa shape index (κ1) is 40.2. The summed E-state index contributed by atoms with van der Waals surface area (Å²) in [5, 5.41) is 1.21. The Labute approximate surface area is 332 Å². The van der Waals surface area contributed by atoms with Gasteiger partial charge < -0.3 is 4.98 Å². The standard InChI is InChI=1S/C28H44N2.C21H11N.Ir/c1-3-5-7-9-11-13-15-17-25-19-21-29-27(23-25)28-24-26(20-22-30-28)18-16-14-12-10-8-6-4-2;1-2-7-14(8-3-1)20-13-18-16-10-5-4-9-15(16)17-11-6-12-19(22-20)21(17)18;/h19-24H,3-18H2,1-2H3;1-7,9-11,13H;/q;-2;. The molecule has 0 unspecified atom stereocenters. The zero-order valence-corrected chi connectivity index (χ0v) is 34.2. The van der Waals surface area contributed by atoms with Crippen LogP contribution in [0.15, 0.2) is 103 Å². The quantitative estimate of drug-likeness (QED) is 0.0637. The fourth-order valence-electron chi connectivity index (χ4n) is 7.40. The van der Waals surface area contributed by atoms with Gasteiger partial charge in [0.05, 0.1) is 11.4 Å². The van der Waals surface area contributed by atoms with Crippen LogP contribution in [0, 0.1) is 12.1 Å². The van der Waals surface area contributed by atoms with Crippen LogP contribution in [0.4, 0.5) is 0 Å². The van der Waals surface area contributed by atoms with Crippen LogP contribution in [0.3, 0.4) is 0 Å². The van der Waals surface area contributed by atoms with Crippen molar-refractivity contribution in [1.29, 1.82) is 0 Å². The molecule has 0 bridgehead atoms. The molecule has 0 aliphatic heterocycles. The average molecular weight is 878 g/mol. The van der Waals surface area contributed by atoms with Gasteiger partial charge >= 0.3 is 0 Å². The van der Waals surface area contributed by atoms with E-state index < -0.39 is 0 Å². The van der Waals surface area contributed by atoms with E-state index in [0.717, 1.165) is 41.0 Å². The Morgan fingerprint density at radius 2 is 1.02 bits per heavy atom. The Morgan fingerprint density at radius 3 is 1.58 bits per heavy atom. The zero-order valence-electron chi connectivity index (χ0n) is 31.8. The number of hydrogen-bond acceptors (Lipinski definition) is 3. The fraction of sp³-hybridized carbons (Fsp3) is 0.367. The largest absolute Gasteiger partial charge is 0.323 e. The minimum Gasteiger partial charge on any atom is -0.323 e. The van der Waals surface area contributed by atoms with Crippen LogP contribution >= 0.6 is 0 Å². The first-order valence-electron chi connectivity index (χ1n) is 20.1. The number of hydrogen-bond donors (Lipinski definition) is 0. The van der Waals surface area contributed by atoms with Gasteiger partial charge in [0.1, 0.15) is 0 Å². The van der Waals surface area contributed by atoms with E-state index in [4.69, 9.17) is 4.98 Å². The first-order valence-corrected chi connectivity index (χ1v) is 20.1. The van der Waals surface area contributed by atoms with E-state index in [0.29, 0.717) is 0 Å². The van der Waals surface area contributed by atoms with E-state index in [1.54, 1.807) is 0 Å². The summed E-state index contributed by atoms with van der Waals surface area (Å²) >= 11 is 0. The third-order valence-corrected chi connectivity index (χ3v) is 10.3. The van der Waals surface area contributed by atoms with Crippen molar-refractivity contribution in [2.75, 3.05) is 0 Å². The molecule has 6 aromatic rings. The second kappa shape index (κ2) is 21.7. The Morgan fingerprint density at radius 1 is 0.472 bits per heavy atom. The Bertz CT molecular complexity index is 1930. The Kier molecular flexibility index (Phi) is 16.4. The monoisotopic (exact) mass is 878 g/mol. The van der Waals surface area contributed by atoms with Crippen molar-refractivity contribution in [2.24, 2.45) is 0 Å². The molecule has 3 heterocycles. The molecule has 7 rings (SSSR count). The molecule has 53 heavy (non-hydrogen) atoms. The Hall–Kier alpha value is -3.98. The minimum atomic E-state index is 0. The van der Waals surface area contributed by atoms with Gasteiger partial charge in [0.25, 0.3) is 0 Å². The molecule has 3 aromatic carbocycles. The second-order valence-electron chi connectivity index (χ2n) is 14.3. The maximum absolute atomic E-state index is 4.80. The molecule has 1 radical (unpaired) electrons. The number of rotatable bonds is 18. The molecule has 0 spiro atoms. The average Bonchev–Trinajstić information content (AvgIpc) is 3.52. The van der Waals surface area contributed by atoms with Crippen LogP contribution in [-0.4, -0.2) is 15.0 Å². The van der Waals surface area contributed by atoms with E-state index in [9.17, 15) is 0 Å². The van der Waals surface area contributed by atoms with E-state index >= 15 is 0 Å². The van der Waals surface area contributed by atoms with Crippen LogP contribution in [0.2, 0.25) is 0 Å². The first-order chi connectivity index (χ1) is 25.7. The number of nitrogens with zero attached hydrogens (tertiary/aromatic N) is 3. The number of benzene rings is 3. The zero-order chi connectivity index (χ0) is 35.8. The summed E-state index contributed by atoms with van der Waals surface area (Å²) in [6.07, 6.45) is 25.2. The summed E-state index contributed by atoms with van der Waals surface area (Å²) in [5.41, 5.74) is 12.8. The van der Waals surface area contributed by atoms with Gasteiger partial charge in [-0.15, -0.1) is 41.5 Å². The summed E-state index contributed by atoms with van der Waals surface area (Å²) in [7, 11) is 0. The minimum absolute atomic E-state index is 0. The summed E-state index contributed by atoms with van der Waals surface area (Å²) in [6, 6.07) is 38.2. The number of aryl methyl sites for hydroxylation is 2. The number of pyridine rings is 3. The SMILES string of the molecule is CCCCCCCCCc1ccnc(-c2cc(CCCCCCCCC)ccn2)c1.[Ir].[c-]1ccccc1-c1cc2c3c(cc[c-]c3n1)-c1ccccc1-2. The topological polar surface area (TPSA) is 38.7 Å². The molecule has 0 fully saturated rings. The van der Waals surface area contributed by atoms with Crippen LogP contribution in [0.5, 0.6) is 0 Å². The third-order valence-electron chi connectivity index (χ3n) is 10.3. The van der Waals surface area contributed by atoms with E-state index in [2.05, 4.69) is 96.6 Å². The van der Waals surface area contributed by atoms with Crippen molar-refractivity contribution in [2.45, 2.75) is 117 Å². The maximum Gasteiger partial charge on any atom is 0.0888 e. The van der Waals surface area contributed by atoms with Crippen molar-refractivity contribution < 1.29 is 20.1 Å². The van der Waals surface area contributed by atoms with Gasteiger partial charge in [-0.3, -0.25) is 9.97 Å². The summed E-state index contributed by atoms with van der Waals surface area (Å²) < 4.78 is 0. The van der Waals surface area contributed by atoms with Gasteiger partial charge in [0.2, 0.25) is 0 Å². The van der Waals surface area contributed by atoms with Crippen LogP contribution in [-0.2, 0) is 32.9 Å². The molecular weight excluding hydrogens is 823 g/mol. The number of fused-ring (bicyclic) bond motifs is 3. The van der Waals surface area contributed by atoms with Crippen LogP contribution in [0.1, 0.15) is 115 Å². The van der Waals surface area contributed by atoms with Gasteiger partial charge in [-0.1, -0.05) is 138 Å². The summed E-state index contributed by atoms with van der Waals surface area (Å²) in [4.78, 5) is 14.0. The van der Waals surface area contributed by atoms with Crippen molar-refractivity contribution in [3.63, 3.8) is 0 Å². The number of aromatic nitrogens is 3. The summed E-state index contributed by atoms with van der Waals surface area (Å²) in [6.45, 7) is 4.56. The normalized spacial score (nSPS) is 11.1. The summed E-state index contributed by atoms with van der Waals surface area (Å²) in [5.74, 6) is 0. The van der Waals surface area contributed by atoms with E-state index in [-0.39, 0.29) is 20.1 Å². The maximum atomic E-state index is 4.80. The van der Waals surface area contributed by atoms with Gasteiger partial charge in [-0.2, -0.15) is 18.2 Å². The van der Waals surface area contributed by atoms with Gasteiger partial charge in [0, 0.05) is 32.5 Å². The predicted octanol–water partition coefficient (Wildman–Crippen LogP) is 13.9. The number of unbranched alkanes of at least 4 members (excludes halogenated alkanes) is 12. The fourth-order valence-corrected chi connectivity index (χ4v) is 7.40. The van der Waals surface area contributed by atoms with Crippen LogP contribution in [0.25, 0.3) is 55.8 Å². The molecule has 1 aliphatic carbocycles. The molecule has 277 valence electrons. The molecule has 3 aromatic heterocycles. The predicted molar refractivity (Wildman–Crippen MR) is 220 cm³/mol. The molecule has 1 aliphatic rings. The van der Waals surface area contributed by atoms with Crippen molar-refractivity contribution >= 4 is 10.9 Å². The molecule has 3 nitrogen and oxygen atoms in total. The Balaban J connectivity index is 0.000000208. The molecule has 0 N–H and O–H groups in total. The van der Waals surface area contributed by atoms with Crippen molar-refractivity contribution in [3.05, 3.63) is 127 Å². The van der Waals surface area contributed by atoms with E-state index in [1.807, 2.05) is 42.7 Å². The van der Waals surface area contributed by atoms with E-state index in [1.165, 1.54) is 129 Å². The van der Waals surface area contributed by atoms with Crippen molar-refractivity contribution in [3.8, 4) is 44.9 Å². The van der Waals surface area contributed by atoms with Gasteiger partial charge in [0.15, 0.2) is 0 Å². The molecule has 0 amide bonds. The van der Waals surface area contributed by atoms with Crippen molar-refractivity contribution in [1.82, 2.24) is 15.0 Å². The molecule has 0 saturated heterocycles. The second-order valence-corrected chi connectivity index (χ2v) is 14.3. The third kappa shape index (κ3) is 11.3. The van der Waals surface area contributed by atoms with Crippen LogP contribution < -0.4 is 0 Å².